The van der Waals surface area contributed by atoms with E-state index in [1.807, 2.05) is 17.7 Å². The largest absolute Gasteiger partial charge is 0.313 e. The van der Waals surface area contributed by atoms with E-state index in [0.29, 0.717) is 5.92 Å². The molecule has 0 N–H and O–H groups in total. The Bertz CT molecular complexity index is 530. The van der Waals surface area contributed by atoms with Gasteiger partial charge in [-0.2, -0.15) is 0 Å². The molecule has 3 rings (SSSR count). The van der Waals surface area contributed by atoms with Gasteiger partial charge >= 0.3 is 0 Å². The highest BCUT2D eigenvalue weighted by molar-refractivity contribution is 7.15. The fourth-order valence-electron chi connectivity index (χ4n) is 2.75. The Hall–Kier alpha value is -1.16. The van der Waals surface area contributed by atoms with Crippen molar-refractivity contribution in [3.63, 3.8) is 0 Å². The molecule has 0 saturated carbocycles. The molecule has 2 heterocycles. The number of aryl methyl sites for hydroxylation is 2. The molecule has 0 saturated heterocycles. The minimum absolute atomic E-state index is 0.618. The summed E-state index contributed by atoms with van der Waals surface area (Å²) in [6.07, 6.45) is 8.40. The van der Waals surface area contributed by atoms with Crippen LogP contribution in [0.1, 0.15) is 43.6 Å². The zero-order chi connectivity index (χ0) is 13.2. The molecule has 0 bridgehead atoms. The molecule has 0 atom stereocenters. The second-order valence-electron chi connectivity index (χ2n) is 5.82. The van der Waals surface area contributed by atoms with Gasteiger partial charge in [0.1, 0.15) is 6.33 Å². The molecule has 2 aromatic rings. The fourth-order valence-corrected chi connectivity index (χ4v) is 4.00. The number of thiophene rings is 1. The van der Waals surface area contributed by atoms with Crippen LogP contribution >= 0.6 is 11.3 Å². The molecule has 4 heteroatoms. The monoisotopic (exact) mass is 275 g/mol. The van der Waals surface area contributed by atoms with E-state index in [1.54, 1.807) is 10.4 Å². The Balaban J connectivity index is 1.92. The molecule has 1 aliphatic carbocycles. The first-order valence-corrected chi connectivity index (χ1v) is 8.05. The van der Waals surface area contributed by atoms with Crippen molar-refractivity contribution in [1.29, 1.82) is 0 Å². The zero-order valence-corrected chi connectivity index (χ0v) is 12.5. The first kappa shape index (κ1) is 12.9. The Morgan fingerprint density at radius 2 is 2.11 bits per heavy atom. The Morgan fingerprint density at radius 3 is 2.95 bits per heavy atom. The van der Waals surface area contributed by atoms with Gasteiger partial charge in [0, 0.05) is 11.4 Å². The topological polar surface area (TPSA) is 30.7 Å². The van der Waals surface area contributed by atoms with Crippen LogP contribution in [0, 0.1) is 5.92 Å². The molecule has 0 aliphatic heterocycles. The van der Waals surface area contributed by atoms with Crippen LogP contribution in [0.5, 0.6) is 0 Å². The van der Waals surface area contributed by atoms with Gasteiger partial charge in [-0.25, -0.2) is 0 Å². The van der Waals surface area contributed by atoms with Gasteiger partial charge in [0.2, 0.25) is 0 Å². The number of aromatic nitrogens is 3. The lowest BCUT2D eigenvalue weighted by molar-refractivity contribution is 0.525. The number of hydrogen-bond acceptors (Lipinski definition) is 3. The van der Waals surface area contributed by atoms with E-state index >= 15 is 0 Å². The first-order valence-electron chi connectivity index (χ1n) is 7.24. The minimum atomic E-state index is 0.618. The summed E-state index contributed by atoms with van der Waals surface area (Å²) in [6.45, 7) is 5.45. The predicted molar refractivity (Wildman–Crippen MR) is 79.4 cm³/mol. The van der Waals surface area contributed by atoms with Crippen molar-refractivity contribution in [2.45, 2.75) is 52.5 Å². The first-order chi connectivity index (χ1) is 9.24. The maximum absolute atomic E-state index is 4.33. The maximum Gasteiger partial charge on any atom is 0.173 e. The maximum atomic E-state index is 4.33. The Kier molecular flexibility index (Phi) is 3.69. The van der Waals surface area contributed by atoms with Gasteiger partial charge < -0.3 is 4.57 Å². The van der Waals surface area contributed by atoms with E-state index in [-0.39, 0.29) is 0 Å². The second kappa shape index (κ2) is 5.45. The summed E-state index contributed by atoms with van der Waals surface area (Å²) < 4.78 is 2.19. The van der Waals surface area contributed by atoms with Gasteiger partial charge in [0.15, 0.2) is 5.82 Å². The van der Waals surface area contributed by atoms with Crippen LogP contribution in [0.4, 0.5) is 0 Å². The molecule has 0 unspecified atom stereocenters. The highest BCUT2D eigenvalue weighted by Crippen LogP contribution is 2.34. The zero-order valence-electron chi connectivity index (χ0n) is 11.7. The van der Waals surface area contributed by atoms with Crippen LogP contribution in [-0.4, -0.2) is 14.8 Å². The number of hydrogen-bond donors (Lipinski definition) is 0. The van der Waals surface area contributed by atoms with Crippen molar-refractivity contribution in [3.8, 4) is 10.7 Å². The SMILES string of the molecule is CC(C)Cn1cnnc1-c1cc2c(s1)CCCCC2. The average molecular weight is 275 g/mol. The summed E-state index contributed by atoms with van der Waals surface area (Å²) >= 11 is 1.92. The minimum Gasteiger partial charge on any atom is -0.313 e. The van der Waals surface area contributed by atoms with Crippen LogP contribution in [0.15, 0.2) is 12.4 Å². The lowest BCUT2D eigenvalue weighted by Crippen LogP contribution is -2.04. The summed E-state index contributed by atoms with van der Waals surface area (Å²) in [5, 5.41) is 8.43. The Labute approximate surface area is 118 Å². The van der Waals surface area contributed by atoms with Gasteiger partial charge in [0.05, 0.1) is 4.88 Å². The van der Waals surface area contributed by atoms with Gasteiger partial charge in [-0.3, -0.25) is 0 Å². The summed E-state index contributed by atoms with van der Waals surface area (Å²) in [7, 11) is 0. The van der Waals surface area contributed by atoms with E-state index in [1.165, 1.54) is 37.0 Å². The summed E-state index contributed by atoms with van der Waals surface area (Å²) in [5.41, 5.74) is 1.55. The molecular weight excluding hydrogens is 254 g/mol. The Morgan fingerprint density at radius 1 is 1.26 bits per heavy atom. The fraction of sp³-hybridized carbons (Fsp3) is 0.600. The van der Waals surface area contributed by atoms with Crippen molar-refractivity contribution in [1.82, 2.24) is 14.8 Å². The number of rotatable bonds is 3. The van der Waals surface area contributed by atoms with Gasteiger partial charge in [-0.15, -0.1) is 21.5 Å². The van der Waals surface area contributed by atoms with Gasteiger partial charge in [-0.05, 0) is 43.2 Å². The third-order valence-electron chi connectivity index (χ3n) is 3.64. The quantitative estimate of drug-likeness (QED) is 0.795. The molecule has 0 spiro atoms. The molecule has 0 aromatic carbocycles. The van der Waals surface area contributed by atoms with Crippen molar-refractivity contribution in [3.05, 3.63) is 22.8 Å². The van der Waals surface area contributed by atoms with Crippen LogP contribution < -0.4 is 0 Å². The van der Waals surface area contributed by atoms with Crippen LogP contribution in [-0.2, 0) is 19.4 Å². The van der Waals surface area contributed by atoms with E-state index in [4.69, 9.17) is 0 Å². The molecule has 0 amide bonds. The number of fused-ring (bicyclic) bond motifs is 1. The van der Waals surface area contributed by atoms with Crippen LogP contribution in [0.3, 0.4) is 0 Å². The molecule has 19 heavy (non-hydrogen) atoms. The molecular formula is C15H21N3S. The third-order valence-corrected chi connectivity index (χ3v) is 4.88. The summed E-state index contributed by atoms with van der Waals surface area (Å²) in [4.78, 5) is 2.87. The van der Waals surface area contributed by atoms with Crippen molar-refractivity contribution < 1.29 is 0 Å². The van der Waals surface area contributed by atoms with E-state index in [9.17, 15) is 0 Å². The van der Waals surface area contributed by atoms with Crippen molar-refractivity contribution in [2.75, 3.05) is 0 Å². The molecule has 3 nitrogen and oxygen atoms in total. The molecule has 1 aliphatic rings. The molecule has 0 radical (unpaired) electrons. The van der Waals surface area contributed by atoms with Gasteiger partial charge in [0.25, 0.3) is 0 Å². The van der Waals surface area contributed by atoms with Crippen LogP contribution in [0.2, 0.25) is 0 Å². The predicted octanol–water partition coefficient (Wildman–Crippen LogP) is 3.93. The second-order valence-corrected chi connectivity index (χ2v) is 6.96. The molecule has 102 valence electrons. The lowest BCUT2D eigenvalue weighted by atomic mass is 10.1. The van der Waals surface area contributed by atoms with Gasteiger partial charge in [-0.1, -0.05) is 20.3 Å². The number of nitrogens with zero attached hydrogens (tertiary/aromatic N) is 3. The van der Waals surface area contributed by atoms with Crippen LogP contribution in [0.25, 0.3) is 10.7 Å². The van der Waals surface area contributed by atoms with E-state index in [2.05, 4.69) is 34.7 Å². The third kappa shape index (κ3) is 2.73. The standard InChI is InChI=1S/C15H21N3S/c1-11(2)9-18-10-16-17-15(18)14-8-12-6-4-3-5-7-13(12)19-14/h8,10-11H,3-7,9H2,1-2H3. The average Bonchev–Trinajstić information content (AvgIpc) is 2.91. The van der Waals surface area contributed by atoms with Crippen molar-refractivity contribution in [2.24, 2.45) is 5.92 Å². The van der Waals surface area contributed by atoms with Crippen molar-refractivity contribution >= 4 is 11.3 Å². The summed E-state index contributed by atoms with van der Waals surface area (Å²) in [5.74, 6) is 1.67. The molecule has 0 fully saturated rings. The summed E-state index contributed by atoms with van der Waals surface area (Å²) in [6, 6.07) is 2.35. The smallest absolute Gasteiger partial charge is 0.173 e. The molecule has 2 aromatic heterocycles. The highest BCUT2D eigenvalue weighted by Gasteiger charge is 2.16. The van der Waals surface area contributed by atoms with E-state index in [0.717, 1.165) is 12.4 Å². The normalized spacial score (nSPS) is 15.5. The highest BCUT2D eigenvalue weighted by atomic mass is 32.1. The lowest BCUT2D eigenvalue weighted by Gasteiger charge is -2.07. The van der Waals surface area contributed by atoms with E-state index < -0.39 is 0 Å².